The third kappa shape index (κ3) is 46.3. The molecule has 29 N–H and O–H groups in total. The van der Waals surface area contributed by atoms with Crippen molar-refractivity contribution in [3.8, 4) is 0 Å². The van der Waals surface area contributed by atoms with Gasteiger partial charge in [0.2, 0.25) is 100 Å². The van der Waals surface area contributed by atoms with E-state index in [1.54, 1.807) is 113 Å². The average molecular weight is 1730 g/mol. The van der Waals surface area contributed by atoms with Crippen LogP contribution in [0.15, 0.2) is 30.3 Å². The van der Waals surface area contributed by atoms with Crippen molar-refractivity contribution in [2.24, 2.45) is 87.3 Å². The molecule has 692 valence electrons. The lowest BCUT2D eigenvalue weighted by atomic mass is 9.98. The van der Waals surface area contributed by atoms with Crippen molar-refractivity contribution >= 4 is 100 Å². The summed E-state index contributed by atoms with van der Waals surface area (Å²) in [7, 11) is 0. The zero-order valence-electron chi connectivity index (χ0n) is 74.5. The Morgan fingerprint density at radius 2 is 0.434 bits per heavy atom. The predicted molar refractivity (Wildman–Crippen MR) is 463 cm³/mol. The van der Waals surface area contributed by atoms with E-state index >= 15 is 0 Å². The van der Waals surface area contributed by atoms with Crippen molar-refractivity contribution in [1.29, 1.82) is 0 Å². The number of hydrogen-bond donors (Lipinski definition) is 21. The molecule has 0 saturated heterocycles. The standard InChI is InChI=1S/C84H149N21O17/c1-46(2)38-54(88)72(110)93-58(29-32-68(89)106)77(115)101-66(43-51(11)12)83(121)104-63(40-48(5)6)80(118)95-56(27-19-22-36-86)74(112)98-60(31-34-70(91)108)78(116)102-67(44-52(13)14)84(122)105-64(41-49(7)8)81(119)96-57(28-20-23-37-87)75(113)100-65(42-50(9)10)82(120)103-62(39-47(3)4)79(117)94-55(26-18-21-35-85)73(111)97-59(30-33-69(90)107)76(114)99-61(71(92)109)45-53-24-16-15-17-25-53/h15-17,24-25,46-52,54-67H,18-23,26-45,85-88H2,1-14H3,(H2,89,106)(H2,90,107)(H2,91,108)(H2,92,109)(H,93,110)(H,94,117)(H,95,118)(H,96,119)(H,97,111)(H,98,112)(H,99,114)(H,100,113)(H,101,115)(H,102,116)(H,103,120)(H,104,121)(H,105,122)/t54-,55-,56-,57-,58-,59-,60-,61-,62-,63-,64-,65-,66-,67-/m0/s1. The van der Waals surface area contributed by atoms with Gasteiger partial charge >= 0.3 is 0 Å². The molecule has 38 nitrogen and oxygen atoms in total. The second-order valence-corrected chi connectivity index (χ2v) is 34.8. The van der Waals surface area contributed by atoms with E-state index in [1.165, 1.54) is 0 Å². The van der Waals surface area contributed by atoms with Gasteiger partial charge in [-0.15, -0.1) is 0 Å². The highest BCUT2D eigenvalue weighted by Gasteiger charge is 2.39. The van der Waals surface area contributed by atoms with Gasteiger partial charge in [-0.05, 0) is 189 Å². The summed E-state index contributed by atoms with van der Waals surface area (Å²) in [6, 6.07) is -10.1. The number of carbonyl (C=O) groups is 17. The van der Waals surface area contributed by atoms with Crippen LogP contribution >= 0.6 is 0 Å². The number of rotatable bonds is 64. The first kappa shape index (κ1) is 110. The van der Waals surface area contributed by atoms with Gasteiger partial charge in [0.25, 0.3) is 0 Å². The van der Waals surface area contributed by atoms with Crippen LogP contribution in [-0.4, -0.2) is 205 Å². The van der Waals surface area contributed by atoms with E-state index in [4.69, 9.17) is 45.9 Å². The van der Waals surface area contributed by atoms with Crippen molar-refractivity contribution in [1.82, 2.24) is 69.1 Å². The minimum atomic E-state index is -1.59. The number of nitrogens with two attached hydrogens (primary N) is 8. The molecule has 0 spiro atoms. The molecular formula is C84H149N21O17. The fourth-order valence-corrected chi connectivity index (χ4v) is 13.4. The quantitative estimate of drug-likeness (QED) is 0.0342. The topological polar surface area (TPSA) is 655 Å². The maximum absolute atomic E-state index is 14.8. The fraction of sp³-hybridized carbons (Fsp3) is 0.726. The number of unbranched alkanes of at least 4 members (excludes halogenated alkanes) is 3. The lowest BCUT2D eigenvalue weighted by molar-refractivity contribution is -0.137. The molecule has 0 unspecified atom stereocenters. The molecule has 0 aromatic heterocycles. The number of primary amides is 4. The van der Waals surface area contributed by atoms with Gasteiger partial charge in [-0.25, -0.2) is 0 Å². The third-order valence-electron chi connectivity index (χ3n) is 19.7. The van der Waals surface area contributed by atoms with Gasteiger partial charge in [-0.3, -0.25) is 81.5 Å². The molecule has 1 rings (SSSR count). The molecule has 0 aliphatic carbocycles. The zero-order valence-corrected chi connectivity index (χ0v) is 74.5. The summed E-state index contributed by atoms with van der Waals surface area (Å²) in [6.45, 7) is 25.7. The minimum absolute atomic E-state index is 0.00125. The third-order valence-corrected chi connectivity index (χ3v) is 19.7. The highest BCUT2D eigenvalue weighted by Crippen LogP contribution is 2.19. The number of nitrogens with one attached hydrogen (secondary N) is 13. The first-order chi connectivity index (χ1) is 57.2. The Morgan fingerprint density at radius 3 is 0.631 bits per heavy atom. The number of amides is 17. The normalized spacial score (nSPS) is 14.9. The molecule has 0 aliphatic heterocycles. The Kier molecular flexibility index (Phi) is 53.2. The molecule has 1 aromatic carbocycles. The molecule has 17 amide bonds. The second kappa shape index (κ2) is 58.9. The van der Waals surface area contributed by atoms with Crippen molar-refractivity contribution in [2.45, 2.75) is 329 Å². The summed E-state index contributed by atoms with van der Waals surface area (Å²) in [5.41, 5.74) is 46.6. The first-order valence-corrected chi connectivity index (χ1v) is 43.2. The smallest absolute Gasteiger partial charge is 0.243 e. The minimum Gasteiger partial charge on any atom is -0.370 e. The molecule has 0 heterocycles. The van der Waals surface area contributed by atoms with Gasteiger partial charge in [0.1, 0.15) is 78.5 Å². The van der Waals surface area contributed by atoms with Gasteiger partial charge in [0, 0.05) is 25.7 Å². The van der Waals surface area contributed by atoms with Gasteiger partial charge in [-0.2, -0.15) is 0 Å². The highest BCUT2D eigenvalue weighted by atomic mass is 16.2. The highest BCUT2D eigenvalue weighted by molar-refractivity contribution is 6.00. The maximum Gasteiger partial charge on any atom is 0.243 e. The van der Waals surface area contributed by atoms with Crippen molar-refractivity contribution in [3.63, 3.8) is 0 Å². The van der Waals surface area contributed by atoms with Crippen LogP contribution in [-0.2, 0) is 87.9 Å². The summed E-state index contributed by atoms with van der Waals surface area (Å²) in [5.74, 6) is -15.6. The monoisotopic (exact) mass is 1720 g/mol. The maximum atomic E-state index is 14.8. The van der Waals surface area contributed by atoms with E-state index in [2.05, 4.69) is 69.1 Å². The Labute approximate surface area is 720 Å². The molecule has 14 atom stereocenters. The van der Waals surface area contributed by atoms with E-state index in [0.29, 0.717) is 37.7 Å². The zero-order chi connectivity index (χ0) is 92.6. The number of carbonyl (C=O) groups excluding carboxylic acids is 17. The van der Waals surface area contributed by atoms with Crippen molar-refractivity contribution in [3.05, 3.63) is 35.9 Å². The van der Waals surface area contributed by atoms with E-state index in [1.807, 2.05) is 13.8 Å². The van der Waals surface area contributed by atoms with Crippen LogP contribution in [0.3, 0.4) is 0 Å². The largest absolute Gasteiger partial charge is 0.370 e. The van der Waals surface area contributed by atoms with Crippen LogP contribution in [0.25, 0.3) is 0 Å². The van der Waals surface area contributed by atoms with E-state index in [9.17, 15) is 81.5 Å². The number of benzene rings is 1. The van der Waals surface area contributed by atoms with E-state index in [0.717, 1.165) is 0 Å². The SMILES string of the molecule is CC(C)C[C@H](NC(=O)[C@H](CC(C)C)NC(=O)[C@H](CCCCN)NC(=O)[C@H](CC(C)C)NC(=O)[C@H](CC(C)C)NC(=O)[C@H](CCC(N)=O)NC(=O)[C@H](CCCCN)NC(=O)[C@H](CC(C)C)NC(=O)[C@H](CC(C)C)NC(=O)[C@H](CCC(N)=O)NC(=O)[C@@H](N)CC(C)C)C(=O)N[C@@H](CCCCN)C(=O)N[C@@H](CCC(N)=O)C(=O)N[C@@H](Cc1ccccc1)C(N)=O. The van der Waals surface area contributed by atoms with Crippen LogP contribution in [0.2, 0.25) is 0 Å². The Balaban J connectivity index is 3.77. The average Bonchev–Trinajstić information content (AvgIpc) is 0.852. The van der Waals surface area contributed by atoms with Crippen molar-refractivity contribution in [2.75, 3.05) is 19.6 Å². The summed E-state index contributed by atoms with van der Waals surface area (Å²) < 4.78 is 0. The van der Waals surface area contributed by atoms with Gasteiger partial charge < -0.3 is 115 Å². The fourth-order valence-electron chi connectivity index (χ4n) is 13.4. The lowest BCUT2D eigenvalue weighted by Gasteiger charge is -2.30. The van der Waals surface area contributed by atoms with Crippen LogP contribution in [0, 0.1) is 41.4 Å². The van der Waals surface area contributed by atoms with Gasteiger partial charge in [0.15, 0.2) is 0 Å². The predicted octanol–water partition coefficient (Wildman–Crippen LogP) is -1.15. The lowest BCUT2D eigenvalue weighted by Crippen LogP contribution is -2.61. The van der Waals surface area contributed by atoms with Crippen LogP contribution in [0.1, 0.15) is 244 Å². The molecule has 0 saturated carbocycles. The molecule has 0 fully saturated rings. The molecule has 1 aromatic rings. The second-order valence-electron chi connectivity index (χ2n) is 34.8. The Morgan fingerprint density at radius 1 is 0.246 bits per heavy atom. The Bertz CT molecular complexity index is 3510. The molecule has 0 aliphatic rings. The molecular weight excluding hydrogens is 1580 g/mol. The summed E-state index contributed by atoms with van der Waals surface area (Å²) in [4.78, 5) is 237. The molecule has 38 heteroatoms. The van der Waals surface area contributed by atoms with Crippen LogP contribution in [0.5, 0.6) is 0 Å². The summed E-state index contributed by atoms with van der Waals surface area (Å²) >= 11 is 0. The number of hydrogen-bond acceptors (Lipinski definition) is 21. The summed E-state index contributed by atoms with van der Waals surface area (Å²) in [5, 5.41) is 35.1. The Hall–Kier alpha value is -9.95. The van der Waals surface area contributed by atoms with Gasteiger partial charge in [0.05, 0.1) is 6.04 Å². The molecule has 122 heavy (non-hydrogen) atoms. The molecule has 0 bridgehead atoms. The summed E-state index contributed by atoms with van der Waals surface area (Å²) in [6.07, 6.45) is 0.324. The van der Waals surface area contributed by atoms with Crippen LogP contribution in [0.4, 0.5) is 0 Å². The first-order valence-electron chi connectivity index (χ1n) is 43.2. The van der Waals surface area contributed by atoms with E-state index < -0.39 is 198 Å². The van der Waals surface area contributed by atoms with Crippen molar-refractivity contribution < 1.29 is 81.5 Å². The van der Waals surface area contributed by atoms with Gasteiger partial charge in [-0.1, -0.05) is 127 Å². The van der Waals surface area contributed by atoms with E-state index in [-0.39, 0.29) is 164 Å². The van der Waals surface area contributed by atoms with Crippen LogP contribution < -0.4 is 115 Å². The molecule has 0 radical (unpaired) electrons.